The Bertz CT molecular complexity index is 914. The first-order valence-electron chi connectivity index (χ1n) is 9.73. The van der Waals surface area contributed by atoms with Crippen LogP contribution in [0, 0.1) is 0 Å². The topological polar surface area (TPSA) is 70.8 Å². The molecule has 0 unspecified atom stereocenters. The second-order valence-electron chi connectivity index (χ2n) is 7.53. The number of carbonyl (C=O) groups excluding carboxylic acids is 2. The summed E-state index contributed by atoms with van der Waals surface area (Å²) in [5, 5.41) is 0. The average Bonchev–Trinajstić information content (AvgIpc) is 2.83. The minimum Gasteiger partial charge on any atom is -0.348 e. The van der Waals surface area contributed by atoms with Crippen LogP contribution in [0.1, 0.15) is 12.8 Å². The average molecular weight is 387 g/mol. The SMILES string of the molecule is CN(C)C(=O)CN1CCCN(C(=O)CCn2c(=O)n(C)c3ccccc32)CC1. The minimum absolute atomic E-state index is 0.0561. The number of imidazole rings is 1. The quantitative estimate of drug-likeness (QED) is 0.743. The van der Waals surface area contributed by atoms with Crippen molar-refractivity contribution in [3.63, 3.8) is 0 Å². The predicted molar refractivity (Wildman–Crippen MR) is 108 cm³/mol. The largest absolute Gasteiger partial charge is 0.348 e. The van der Waals surface area contributed by atoms with Crippen LogP contribution in [0.2, 0.25) is 0 Å². The lowest BCUT2D eigenvalue weighted by Crippen LogP contribution is -2.39. The van der Waals surface area contributed by atoms with Crippen LogP contribution < -0.4 is 5.69 Å². The zero-order valence-corrected chi connectivity index (χ0v) is 16.9. The van der Waals surface area contributed by atoms with E-state index in [0.29, 0.717) is 39.1 Å². The summed E-state index contributed by atoms with van der Waals surface area (Å²) in [6.07, 6.45) is 1.14. The Balaban J connectivity index is 1.59. The van der Waals surface area contributed by atoms with Crippen LogP contribution >= 0.6 is 0 Å². The van der Waals surface area contributed by atoms with Crippen molar-refractivity contribution in [3.05, 3.63) is 34.7 Å². The van der Waals surface area contributed by atoms with Crippen LogP contribution in [0.3, 0.4) is 0 Å². The lowest BCUT2D eigenvalue weighted by Gasteiger charge is -2.22. The molecule has 8 heteroatoms. The molecular weight excluding hydrogens is 358 g/mol. The molecule has 2 aromatic rings. The Hall–Kier alpha value is -2.61. The number of fused-ring (bicyclic) bond motifs is 1. The first-order valence-corrected chi connectivity index (χ1v) is 9.73. The van der Waals surface area contributed by atoms with Crippen molar-refractivity contribution in [1.29, 1.82) is 0 Å². The van der Waals surface area contributed by atoms with Gasteiger partial charge >= 0.3 is 5.69 Å². The molecule has 1 saturated heterocycles. The fraction of sp³-hybridized carbons (Fsp3) is 0.550. The number of hydrogen-bond donors (Lipinski definition) is 0. The maximum atomic E-state index is 12.7. The molecule has 0 aliphatic carbocycles. The molecule has 0 spiro atoms. The monoisotopic (exact) mass is 387 g/mol. The molecule has 152 valence electrons. The molecule has 1 aliphatic heterocycles. The fourth-order valence-electron chi connectivity index (χ4n) is 3.66. The molecule has 1 aromatic heterocycles. The Morgan fingerprint density at radius 3 is 2.46 bits per heavy atom. The summed E-state index contributed by atoms with van der Waals surface area (Å²) in [4.78, 5) is 42.7. The number of aromatic nitrogens is 2. The molecule has 3 rings (SSSR count). The summed E-state index contributed by atoms with van der Waals surface area (Å²) < 4.78 is 3.29. The maximum absolute atomic E-state index is 12.7. The zero-order chi connectivity index (χ0) is 20.3. The molecule has 0 atom stereocenters. The van der Waals surface area contributed by atoms with E-state index >= 15 is 0 Å². The van der Waals surface area contributed by atoms with Gasteiger partial charge in [-0.1, -0.05) is 12.1 Å². The minimum atomic E-state index is -0.0989. The summed E-state index contributed by atoms with van der Waals surface area (Å²) in [6.45, 7) is 3.57. The predicted octanol–water partition coefficient (Wildman–Crippen LogP) is 0.353. The molecule has 1 aromatic carbocycles. The number of hydrogen-bond acceptors (Lipinski definition) is 4. The van der Waals surface area contributed by atoms with E-state index in [4.69, 9.17) is 0 Å². The van der Waals surface area contributed by atoms with Gasteiger partial charge < -0.3 is 9.80 Å². The lowest BCUT2D eigenvalue weighted by atomic mass is 10.3. The number of para-hydroxylation sites is 2. The van der Waals surface area contributed by atoms with E-state index in [-0.39, 0.29) is 17.5 Å². The molecule has 0 N–H and O–H groups in total. The molecule has 0 bridgehead atoms. The number of aryl methyl sites for hydroxylation is 2. The Kier molecular flexibility index (Phi) is 6.18. The summed E-state index contributed by atoms with van der Waals surface area (Å²) in [6, 6.07) is 7.63. The normalized spacial score (nSPS) is 15.6. The summed E-state index contributed by atoms with van der Waals surface area (Å²) >= 11 is 0. The van der Waals surface area contributed by atoms with Crippen LogP contribution in [0.15, 0.2) is 29.1 Å². The third kappa shape index (κ3) is 4.27. The van der Waals surface area contributed by atoms with Crippen molar-refractivity contribution in [1.82, 2.24) is 23.8 Å². The summed E-state index contributed by atoms with van der Waals surface area (Å²) in [5.41, 5.74) is 1.63. The molecule has 2 heterocycles. The molecule has 28 heavy (non-hydrogen) atoms. The van der Waals surface area contributed by atoms with Gasteiger partial charge in [0.2, 0.25) is 11.8 Å². The van der Waals surface area contributed by atoms with Crippen LogP contribution in [0.25, 0.3) is 11.0 Å². The van der Waals surface area contributed by atoms with Crippen LogP contribution in [0.4, 0.5) is 0 Å². The van der Waals surface area contributed by atoms with E-state index in [1.807, 2.05) is 29.2 Å². The van der Waals surface area contributed by atoms with Gasteiger partial charge in [-0.15, -0.1) is 0 Å². The molecular formula is C20H29N5O3. The van der Waals surface area contributed by atoms with Crippen LogP contribution in [-0.2, 0) is 23.2 Å². The van der Waals surface area contributed by atoms with Crippen molar-refractivity contribution in [2.75, 3.05) is 46.8 Å². The van der Waals surface area contributed by atoms with Crippen LogP contribution in [0.5, 0.6) is 0 Å². The second kappa shape index (κ2) is 8.60. The molecule has 2 amide bonds. The number of rotatable bonds is 5. The van der Waals surface area contributed by atoms with E-state index < -0.39 is 0 Å². The third-order valence-electron chi connectivity index (χ3n) is 5.40. The van der Waals surface area contributed by atoms with Crippen LogP contribution in [-0.4, -0.2) is 82.5 Å². The van der Waals surface area contributed by atoms with Crippen molar-refractivity contribution < 1.29 is 9.59 Å². The summed E-state index contributed by atoms with van der Waals surface area (Å²) in [7, 11) is 5.26. The molecule has 8 nitrogen and oxygen atoms in total. The molecule has 1 aliphatic rings. The van der Waals surface area contributed by atoms with Gasteiger partial charge in [0, 0.05) is 60.3 Å². The van der Waals surface area contributed by atoms with E-state index in [0.717, 1.165) is 24.0 Å². The second-order valence-corrected chi connectivity index (χ2v) is 7.53. The van der Waals surface area contributed by atoms with Crippen molar-refractivity contribution in [3.8, 4) is 0 Å². The lowest BCUT2D eigenvalue weighted by molar-refractivity contribution is -0.131. The van der Waals surface area contributed by atoms with Crippen molar-refractivity contribution in [2.45, 2.75) is 19.4 Å². The van der Waals surface area contributed by atoms with Gasteiger partial charge in [0.15, 0.2) is 0 Å². The Morgan fingerprint density at radius 1 is 1.04 bits per heavy atom. The number of benzene rings is 1. The number of likely N-dealkylation sites (N-methyl/N-ethyl adjacent to an activating group) is 1. The highest BCUT2D eigenvalue weighted by Crippen LogP contribution is 2.13. The standard InChI is InChI=1S/C20H29N5O3/c1-21(2)19(27)15-23-10-6-11-24(14-13-23)18(26)9-12-25-17-8-5-4-7-16(17)22(3)20(25)28/h4-5,7-8H,6,9-15H2,1-3H3. The number of amides is 2. The first kappa shape index (κ1) is 20.1. The van der Waals surface area contributed by atoms with Gasteiger partial charge in [0.05, 0.1) is 17.6 Å². The van der Waals surface area contributed by atoms with Crippen molar-refractivity contribution >= 4 is 22.8 Å². The summed E-state index contributed by atoms with van der Waals surface area (Å²) in [5.74, 6) is 0.135. The third-order valence-corrected chi connectivity index (χ3v) is 5.40. The van der Waals surface area contributed by atoms with E-state index in [1.54, 1.807) is 35.2 Å². The highest BCUT2D eigenvalue weighted by atomic mass is 16.2. The molecule has 1 fully saturated rings. The van der Waals surface area contributed by atoms with E-state index in [9.17, 15) is 14.4 Å². The van der Waals surface area contributed by atoms with E-state index in [1.165, 1.54) is 0 Å². The highest BCUT2D eigenvalue weighted by Gasteiger charge is 2.21. The molecule has 0 radical (unpaired) electrons. The van der Waals surface area contributed by atoms with Gasteiger partial charge in [-0.25, -0.2) is 4.79 Å². The van der Waals surface area contributed by atoms with Gasteiger partial charge in [0.1, 0.15) is 0 Å². The van der Waals surface area contributed by atoms with Crippen molar-refractivity contribution in [2.24, 2.45) is 7.05 Å². The number of nitrogens with zero attached hydrogens (tertiary/aromatic N) is 5. The van der Waals surface area contributed by atoms with Gasteiger partial charge in [0.25, 0.3) is 0 Å². The van der Waals surface area contributed by atoms with Gasteiger partial charge in [-0.3, -0.25) is 23.6 Å². The maximum Gasteiger partial charge on any atom is 0.328 e. The Labute approximate surface area is 164 Å². The zero-order valence-electron chi connectivity index (χ0n) is 16.9. The number of carbonyl (C=O) groups is 2. The Morgan fingerprint density at radius 2 is 1.75 bits per heavy atom. The highest BCUT2D eigenvalue weighted by molar-refractivity contribution is 5.78. The fourth-order valence-corrected chi connectivity index (χ4v) is 3.66. The molecule has 0 saturated carbocycles. The van der Waals surface area contributed by atoms with Gasteiger partial charge in [-0.05, 0) is 18.6 Å². The van der Waals surface area contributed by atoms with Gasteiger partial charge in [-0.2, -0.15) is 0 Å². The smallest absolute Gasteiger partial charge is 0.328 e. The first-order chi connectivity index (χ1) is 13.4. The van der Waals surface area contributed by atoms with E-state index in [2.05, 4.69) is 4.90 Å².